The Morgan fingerprint density at radius 2 is 1.55 bits per heavy atom. The van der Waals surface area contributed by atoms with E-state index in [0.717, 1.165) is 61.2 Å². The first-order valence-corrected chi connectivity index (χ1v) is 21.1. The van der Waals surface area contributed by atoms with Crippen LogP contribution in [0, 0.1) is 17.2 Å². The number of benzene rings is 2. The molecule has 3 aromatic rings. The van der Waals surface area contributed by atoms with Crippen molar-refractivity contribution in [2.75, 3.05) is 19.6 Å². The summed E-state index contributed by atoms with van der Waals surface area (Å²) in [6.07, 6.45) is 10.6. The number of carboxylic acids is 1. The summed E-state index contributed by atoms with van der Waals surface area (Å²) in [4.78, 5) is 56.4. The van der Waals surface area contributed by atoms with Crippen molar-refractivity contribution in [3.63, 3.8) is 0 Å². The van der Waals surface area contributed by atoms with E-state index in [4.69, 9.17) is 11.6 Å². The lowest BCUT2D eigenvalue weighted by Crippen LogP contribution is -2.55. The maximum Gasteiger partial charge on any atom is 0.305 e. The van der Waals surface area contributed by atoms with Crippen LogP contribution in [-0.2, 0) is 35.4 Å². The summed E-state index contributed by atoms with van der Waals surface area (Å²) >= 11 is 6.46. The molecule has 304 valence electrons. The molecule has 2 heterocycles. The zero-order chi connectivity index (χ0) is 40.6. The molecule has 1 aliphatic carbocycles. The molecular weight excluding hydrogens is 731 g/mol. The maximum absolute atomic E-state index is 16.3. The van der Waals surface area contributed by atoms with Gasteiger partial charge >= 0.3 is 5.97 Å². The van der Waals surface area contributed by atoms with E-state index in [2.05, 4.69) is 15.5 Å². The van der Waals surface area contributed by atoms with E-state index in [1.165, 1.54) is 31.7 Å². The van der Waals surface area contributed by atoms with Gasteiger partial charge in [0.15, 0.2) is 0 Å². The number of hydrogen-bond donors (Lipinski definition) is 3. The van der Waals surface area contributed by atoms with Gasteiger partial charge in [-0.3, -0.25) is 19.2 Å². The Balaban J connectivity index is 1.39. The number of amides is 2. The van der Waals surface area contributed by atoms with E-state index in [1.54, 1.807) is 29.0 Å². The van der Waals surface area contributed by atoms with E-state index in [9.17, 15) is 24.3 Å². The molecule has 0 radical (unpaired) electrons. The number of carbonyl (C=O) groups is 3. The Hall–Kier alpha value is -4.02. The van der Waals surface area contributed by atoms with Crippen LogP contribution < -0.4 is 16.2 Å². The molecular formula is C45H60ClFN4O5. The van der Waals surface area contributed by atoms with Crippen molar-refractivity contribution in [2.24, 2.45) is 11.3 Å². The molecule has 56 heavy (non-hydrogen) atoms. The number of halogens is 2. The lowest BCUT2D eigenvalue weighted by atomic mass is 9.78. The van der Waals surface area contributed by atoms with E-state index >= 15 is 4.39 Å². The summed E-state index contributed by atoms with van der Waals surface area (Å²) in [6, 6.07) is 8.01. The summed E-state index contributed by atoms with van der Waals surface area (Å²) in [5.74, 6) is -3.06. The molecule has 1 saturated heterocycles. The highest BCUT2D eigenvalue weighted by Crippen LogP contribution is 2.45. The minimum Gasteiger partial charge on any atom is -0.481 e. The number of carbonyl (C=O) groups excluding carboxylic acids is 2. The first kappa shape index (κ1) is 43.1. The normalized spacial score (nSPS) is 16.1. The molecule has 3 N–H and O–H groups in total. The van der Waals surface area contributed by atoms with Gasteiger partial charge in [-0.2, -0.15) is 0 Å². The molecule has 2 fully saturated rings. The average Bonchev–Trinajstić information content (AvgIpc) is 3.66. The van der Waals surface area contributed by atoms with Crippen LogP contribution in [0.15, 0.2) is 47.4 Å². The third-order valence-electron chi connectivity index (χ3n) is 12.2. The van der Waals surface area contributed by atoms with E-state index < -0.39 is 47.7 Å². The number of carboxylic acid groups (broad SMARTS) is 1. The summed E-state index contributed by atoms with van der Waals surface area (Å²) in [6.45, 7) is 13.5. The van der Waals surface area contributed by atoms with E-state index in [1.807, 2.05) is 46.8 Å². The Morgan fingerprint density at radius 1 is 0.911 bits per heavy atom. The first-order valence-electron chi connectivity index (χ1n) is 20.7. The third-order valence-corrected chi connectivity index (χ3v) is 12.4. The second-order valence-corrected chi connectivity index (χ2v) is 16.4. The Labute approximate surface area is 336 Å². The predicted molar refractivity (Wildman–Crippen MR) is 221 cm³/mol. The summed E-state index contributed by atoms with van der Waals surface area (Å²) < 4.78 is 17.9. The molecule has 2 amide bonds. The Bertz CT molecular complexity index is 1900. The van der Waals surface area contributed by atoms with Crippen LogP contribution in [0.2, 0.25) is 5.02 Å². The van der Waals surface area contributed by atoms with Crippen molar-refractivity contribution in [1.82, 2.24) is 20.1 Å². The number of likely N-dealkylation sites (tertiary alicyclic amines) is 1. The van der Waals surface area contributed by atoms with Gasteiger partial charge in [-0.15, -0.1) is 0 Å². The molecule has 2 aliphatic rings. The summed E-state index contributed by atoms with van der Waals surface area (Å²) in [5.41, 5.74) is 4.06. The number of pyridine rings is 1. The fourth-order valence-electron chi connectivity index (χ4n) is 8.98. The molecule has 9 nitrogen and oxygen atoms in total. The zero-order valence-electron chi connectivity index (χ0n) is 33.8. The third kappa shape index (κ3) is 10.1. The van der Waals surface area contributed by atoms with Crippen molar-refractivity contribution in [3.05, 3.63) is 91.6 Å². The molecule has 11 heteroatoms. The fourth-order valence-corrected chi connectivity index (χ4v) is 9.24. The highest BCUT2D eigenvalue weighted by Gasteiger charge is 2.44. The van der Waals surface area contributed by atoms with Gasteiger partial charge < -0.3 is 25.2 Å². The SMILES string of the molecule is CCc1cc(-c2c(CC)cc(Cl)cc2CC)cc([C@H](CC(=O)O)NC(=O)[C@H](CC(CC)CC)NC(=O)c2cccn(CCCN3CC4(CCCC4)C3)c2=O)c1F. The largest absolute Gasteiger partial charge is 0.481 e. The van der Waals surface area contributed by atoms with Crippen LogP contribution in [0.25, 0.3) is 11.1 Å². The minimum absolute atomic E-state index is 0.0536. The van der Waals surface area contributed by atoms with Gasteiger partial charge in [-0.1, -0.05) is 71.9 Å². The van der Waals surface area contributed by atoms with Crippen molar-refractivity contribution >= 4 is 29.4 Å². The number of aromatic nitrogens is 1. The molecule has 0 bridgehead atoms. The average molecular weight is 791 g/mol. The zero-order valence-corrected chi connectivity index (χ0v) is 34.6. The molecule has 1 aliphatic heterocycles. The number of hydrogen-bond acceptors (Lipinski definition) is 5. The van der Waals surface area contributed by atoms with Gasteiger partial charge in [0.2, 0.25) is 5.91 Å². The van der Waals surface area contributed by atoms with Crippen LogP contribution in [-0.4, -0.2) is 58.0 Å². The Morgan fingerprint density at radius 3 is 2.14 bits per heavy atom. The lowest BCUT2D eigenvalue weighted by molar-refractivity contribution is -0.137. The molecule has 1 aromatic heterocycles. The van der Waals surface area contributed by atoms with E-state index in [-0.39, 0.29) is 23.5 Å². The van der Waals surface area contributed by atoms with Gasteiger partial charge in [0.25, 0.3) is 11.5 Å². The quantitative estimate of drug-likeness (QED) is 0.112. The van der Waals surface area contributed by atoms with Crippen molar-refractivity contribution < 1.29 is 23.9 Å². The Kier molecular flexibility index (Phi) is 14.9. The van der Waals surface area contributed by atoms with Gasteiger partial charge in [-0.05, 0) is 127 Å². The van der Waals surface area contributed by atoms with Crippen molar-refractivity contribution in [3.8, 4) is 11.1 Å². The highest BCUT2D eigenvalue weighted by molar-refractivity contribution is 6.30. The van der Waals surface area contributed by atoms with Gasteiger partial charge in [-0.25, -0.2) is 4.39 Å². The number of nitrogens with zero attached hydrogens (tertiary/aromatic N) is 2. The van der Waals surface area contributed by atoms with Crippen LogP contribution in [0.1, 0.15) is 131 Å². The smallest absolute Gasteiger partial charge is 0.305 e. The molecule has 1 saturated carbocycles. The van der Waals surface area contributed by atoms with Crippen LogP contribution in [0.4, 0.5) is 4.39 Å². The molecule has 2 atom stereocenters. The monoisotopic (exact) mass is 790 g/mol. The highest BCUT2D eigenvalue weighted by atomic mass is 35.5. The van der Waals surface area contributed by atoms with Gasteiger partial charge in [0.05, 0.1) is 12.5 Å². The van der Waals surface area contributed by atoms with Crippen molar-refractivity contribution in [2.45, 2.75) is 130 Å². The lowest BCUT2D eigenvalue weighted by Gasteiger charge is -2.48. The second kappa shape index (κ2) is 19.4. The molecule has 1 spiro atoms. The molecule has 5 rings (SSSR count). The van der Waals surface area contributed by atoms with Crippen molar-refractivity contribution in [1.29, 1.82) is 0 Å². The van der Waals surface area contributed by atoms with Crippen LogP contribution in [0.3, 0.4) is 0 Å². The summed E-state index contributed by atoms with van der Waals surface area (Å²) in [7, 11) is 0. The minimum atomic E-state index is -1.24. The fraction of sp³-hybridized carbons (Fsp3) is 0.556. The standard InChI is InChI=1S/C45H60ClFN4O5/c1-6-29(7-2)21-38(49-42(54)35-15-13-19-51(44(35)56)20-14-18-50-27-45(28-50)16-11-12-17-45)43(55)48-37(26-39(52)53)36-25-33(22-32(10-5)41(36)47)40-30(8-3)23-34(46)24-31(40)9-4/h13,15,19,22-25,29,37-38H,6-12,14,16-18,20-21,26-28H2,1-5H3,(H,48,55)(H,49,54)(H,52,53)/t37-,38-/m0/s1. The van der Waals surface area contributed by atoms with Crippen LogP contribution in [0.5, 0.6) is 0 Å². The topological polar surface area (TPSA) is 121 Å². The maximum atomic E-state index is 16.3. The molecule has 0 unspecified atom stereocenters. The predicted octanol–water partition coefficient (Wildman–Crippen LogP) is 8.52. The number of aryl methyl sites for hydroxylation is 4. The van der Waals surface area contributed by atoms with Crippen LogP contribution >= 0.6 is 11.6 Å². The second-order valence-electron chi connectivity index (χ2n) is 16.0. The number of rotatable bonds is 19. The number of nitrogens with one attached hydrogen (secondary N) is 2. The first-order chi connectivity index (χ1) is 26.8. The van der Waals surface area contributed by atoms with Gasteiger partial charge in [0.1, 0.15) is 17.4 Å². The van der Waals surface area contributed by atoms with Gasteiger partial charge in [0, 0.05) is 36.4 Å². The summed E-state index contributed by atoms with van der Waals surface area (Å²) in [5, 5.41) is 16.3. The van der Waals surface area contributed by atoms with E-state index in [0.29, 0.717) is 41.8 Å². The number of aliphatic carboxylic acids is 1. The molecule has 2 aromatic carbocycles.